The van der Waals surface area contributed by atoms with Gasteiger partial charge >= 0.3 is 5.97 Å². The Balaban J connectivity index is 2.76. The number of rotatable bonds is 6. The summed E-state index contributed by atoms with van der Waals surface area (Å²) in [4.78, 5) is 10.7. The Bertz CT molecular complexity index is 395. The number of hydrogen-bond donors (Lipinski definition) is 2. The number of benzene rings is 1. The van der Waals surface area contributed by atoms with Gasteiger partial charge in [0.2, 0.25) is 0 Å². The van der Waals surface area contributed by atoms with E-state index < -0.39 is 11.9 Å². The molecule has 4 nitrogen and oxygen atoms in total. The number of halogens is 1. The minimum absolute atomic E-state index is 0.391. The first kappa shape index (κ1) is 14.0. The first-order valence-electron chi connectivity index (χ1n) is 5.29. The molecule has 0 fully saturated rings. The number of aliphatic carboxylic acids is 1. The van der Waals surface area contributed by atoms with E-state index in [0.717, 1.165) is 15.7 Å². The Morgan fingerprint density at radius 3 is 2.88 bits per heavy atom. The van der Waals surface area contributed by atoms with Gasteiger partial charge in [-0.3, -0.25) is 4.79 Å². The Labute approximate surface area is 109 Å². The van der Waals surface area contributed by atoms with Crippen molar-refractivity contribution in [1.29, 1.82) is 0 Å². The van der Waals surface area contributed by atoms with Crippen LogP contribution in [0.15, 0.2) is 22.7 Å². The fourth-order valence-electron chi connectivity index (χ4n) is 1.37. The number of anilines is 1. The zero-order valence-electron chi connectivity index (χ0n) is 9.87. The van der Waals surface area contributed by atoms with Crippen LogP contribution in [0.5, 0.6) is 0 Å². The number of carboxylic acid groups (broad SMARTS) is 1. The summed E-state index contributed by atoms with van der Waals surface area (Å²) in [5.41, 5.74) is 1.89. The van der Waals surface area contributed by atoms with Crippen molar-refractivity contribution < 1.29 is 14.6 Å². The molecule has 2 N–H and O–H groups in total. The lowest BCUT2D eigenvalue weighted by Gasteiger charge is -2.14. The zero-order chi connectivity index (χ0) is 12.8. The van der Waals surface area contributed by atoms with E-state index in [-0.39, 0.29) is 0 Å². The predicted octanol–water partition coefficient (Wildman–Crippen LogP) is 2.73. The highest BCUT2D eigenvalue weighted by atomic mass is 79.9. The Hall–Kier alpha value is -1.07. The van der Waals surface area contributed by atoms with Gasteiger partial charge in [0.1, 0.15) is 0 Å². The van der Waals surface area contributed by atoms with E-state index in [1.807, 2.05) is 18.2 Å². The first-order chi connectivity index (χ1) is 8.06. The zero-order valence-corrected chi connectivity index (χ0v) is 11.5. The lowest BCUT2D eigenvalue weighted by Crippen LogP contribution is -2.20. The van der Waals surface area contributed by atoms with E-state index in [4.69, 9.17) is 9.84 Å². The largest absolute Gasteiger partial charge is 0.481 e. The molecule has 1 unspecified atom stereocenters. The standard InChI is InChI=1S/C12H16BrNO3/c1-8(12(15)16)6-14-11-5-3-4-10(13)9(11)7-17-2/h3-5,8,14H,6-7H2,1-2H3,(H,15,16). The molecule has 0 amide bonds. The van der Waals surface area contributed by atoms with Crippen LogP contribution in [0.4, 0.5) is 5.69 Å². The van der Waals surface area contributed by atoms with Crippen LogP contribution in [0, 0.1) is 5.92 Å². The highest BCUT2D eigenvalue weighted by Crippen LogP contribution is 2.25. The minimum Gasteiger partial charge on any atom is -0.481 e. The average Bonchev–Trinajstić information content (AvgIpc) is 2.29. The van der Waals surface area contributed by atoms with Gasteiger partial charge in [-0.25, -0.2) is 0 Å². The molecule has 0 aromatic heterocycles. The van der Waals surface area contributed by atoms with Crippen molar-refractivity contribution >= 4 is 27.6 Å². The molecule has 1 atom stereocenters. The van der Waals surface area contributed by atoms with E-state index in [0.29, 0.717) is 13.2 Å². The summed E-state index contributed by atoms with van der Waals surface area (Å²) >= 11 is 3.45. The third-order valence-electron chi connectivity index (χ3n) is 2.43. The number of ether oxygens (including phenoxy) is 1. The maximum atomic E-state index is 10.7. The van der Waals surface area contributed by atoms with Crippen LogP contribution in [0.2, 0.25) is 0 Å². The summed E-state index contributed by atoms with van der Waals surface area (Å²) in [5, 5.41) is 11.9. The molecule has 1 rings (SSSR count). The van der Waals surface area contributed by atoms with E-state index in [9.17, 15) is 4.79 Å². The maximum absolute atomic E-state index is 10.7. The van der Waals surface area contributed by atoms with Gasteiger partial charge in [0.15, 0.2) is 0 Å². The van der Waals surface area contributed by atoms with Crippen molar-refractivity contribution in [2.75, 3.05) is 19.0 Å². The number of methoxy groups -OCH3 is 1. The SMILES string of the molecule is COCc1c(Br)cccc1NCC(C)C(=O)O. The van der Waals surface area contributed by atoms with Crippen molar-refractivity contribution in [1.82, 2.24) is 0 Å². The first-order valence-corrected chi connectivity index (χ1v) is 6.08. The maximum Gasteiger partial charge on any atom is 0.308 e. The van der Waals surface area contributed by atoms with Gasteiger partial charge in [-0.1, -0.05) is 28.9 Å². The van der Waals surface area contributed by atoms with E-state index in [1.54, 1.807) is 14.0 Å². The number of hydrogen-bond acceptors (Lipinski definition) is 3. The molecule has 0 heterocycles. The third-order valence-corrected chi connectivity index (χ3v) is 3.17. The van der Waals surface area contributed by atoms with Crippen molar-refractivity contribution in [3.63, 3.8) is 0 Å². The van der Waals surface area contributed by atoms with Crippen molar-refractivity contribution in [3.8, 4) is 0 Å². The van der Waals surface area contributed by atoms with Crippen molar-refractivity contribution in [2.45, 2.75) is 13.5 Å². The Kier molecular flexibility index (Phi) is 5.44. The van der Waals surface area contributed by atoms with Crippen molar-refractivity contribution in [3.05, 3.63) is 28.2 Å². The number of nitrogens with one attached hydrogen (secondary N) is 1. The quantitative estimate of drug-likeness (QED) is 0.848. The summed E-state index contributed by atoms with van der Waals surface area (Å²) in [6.07, 6.45) is 0. The smallest absolute Gasteiger partial charge is 0.308 e. The second-order valence-electron chi connectivity index (χ2n) is 3.82. The monoisotopic (exact) mass is 301 g/mol. The van der Waals surface area contributed by atoms with Crippen LogP contribution in [-0.4, -0.2) is 24.7 Å². The highest BCUT2D eigenvalue weighted by molar-refractivity contribution is 9.10. The van der Waals surface area contributed by atoms with Crippen molar-refractivity contribution in [2.24, 2.45) is 5.92 Å². The van der Waals surface area contributed by atoms with Gasteiger partial charge in [0, 0.05) is 29.4 Å². The molecular formula is C12H16BrNO3. The lowest BCUT2D eigenvalue weighted by atomic mass is 10.1. The van der Waals surface area contributed by atoms with Crippen LogP contribution in [0.1, 0.15) is 12.5 Å². The van der Waals surface area contributed by atoms with Crippen LogP contribution >= 0.6 is 15.9 Å². The molecule has 0 radical (unpaired) electrons. The number of carbonyl (C=O) groups is 1. The van der Waals surface area contributed by atoms with E-state index in [1.165, 1.54) is 0 Å². The van der Waals surface area contributed by atoms with E-state index in [2.05, 4.69) is 21.2 Å². The summed E-state index contributed by atoms with van der Waals surface area (Å²) in [6.45, 7) is 2.54. The van der Waals surface area contributed by atoms with Crippen LogP contribution < -0.4 is 5.32 Å². The Morgan fingerprint density at radius 1 is 1.59 bits per heavy atom. The van der Waals surface area contributed by atoms with Gasteiger partial charge in [0.25, 0.3) is 0 Å². The fraction of sp³-hybridized carbons (Fsp3) is 0.417. The summed E-state index contributed by atoms with van der Waals surface area (Å²) in [5.74, 6) is -1.23. The molecule has 94 valence electrons. The van der Waals surface area contributed by atoms with Crippen LogP contribution in [0.25, 0.3) is 0 Å². The average molecular weight is 302 g/mol. The third kappa shape index (κ3) is 4.02. The molecule has 5 heteroatoms. The molecule has 0 aliphatic rings. The summed E-state index contributed by atoms with van der Waals surface area (Å²) in [7, 11) is 1.63. The minimum atomic E-state index is -0.805. The highest BCUT2D eigenvalue weighted by Gasteiger charge is 2.12. The fourth-order valence-corrected chi connectivity index (χ4v) is 1.85. The van der Waals surface area contributed by atoms with Gasteiger partial charge in [-0.15, -0.1) is 0 Å². The Morgan fingerprint density at radius 2 is 2.29 bits per heavy atom. The molecule has 0 saturated carbocycles. The second-order valence-corrected chi connectivity index (χ2v) is 4.67. The summed E-state index contributed by atoms with van der Waals surface area (Å²) in [6, 6.07) is 5.74. The van der Waals surface area contributed by atoms with Gasteiger partial charge in [-0.05, 0) is 12.1 Å². The molecule has 0 bridgehead atoms. The molecular weight excluding hydrogens is 286 g/mol. The van der Waals surface area contributed by atoms with Gasteiger partial charge in [-0.2, -0.15) is 0 Å². The van der Waals surface area contributed by atoms with E-state index >= 15 is 0 Å². The molecule has 17 heavy (non-hydrogen) atoms. The topological polar surface area (TPSA) is 58.6 Å². The van der Waals surface area contributed by atoms with Gasteiger partial charge < -0.3 is 15.2 Å². The molecule has 0 aliphatic carbocycles. The molecule has 1 aromatic carbocycles. The molecule has 1 aromatic rings. The lowest BCUT2D eigenvalue weighted by molar-refractivity contribution is -0.140. The molecule has 0 aliphatic heterocycles. The summed E-state index contributed by atoms with van der Waals surface area (Å²) < 4.78 is 6.07. The van der Waals surface area contributed by atoms with Gasteiger partial charge in [0.05, 0.1) is 12.5 Å². The molecule has 0 saturated heterocycles. The molecule has 0 spiro atoms. The normalized spacial score (nSPS) is 12.2. The van der Waals surface area contributed by atoms with Crippen LogP contribution in [-0.2, 0) is 16.1 Å². The van der Waals surface area contributed by atoms with Crippen LogP contribution in [0.3, 0.4) is 0 Å². The second kappa shape index (κ2) is 6.61. The number of carboxylic acids is 1. The predicted molar refractivity (Wildman–Crippen MR) is 70.1 cm³/mol.